The maximum Gasteiger partial charge on any atom is 0.378 e. The highest BCUT2D eigenvalue weighted by atomic mass is 79.9. The molecular formula is C10H10BrF2NO2. The van der Waals surface area contributed by atoms with Crippen molar-refractivity contribution in [1.82, 2.24) is 4.98 Å². The van der Waals surface area contributed by atoms with Crippen molar-refractivity contribution in [2.75, 3.05) is 6.61 Å². The highest BCUT2D eigenvalue weighted by molar-refractivity contribution is 9.09. The molecule has 88 valence electrons. The first-order valence-electron chi connectivity index (χ1n) is 4.59. The molecule has 0 N–H and O–H groups in total. The number of hydrogen-bond donors (Lipinski definition) is 0. The Labute approximate surface area is 99.9 Å². The molecule has 0 fully saturated rings. The van der Waals surface area contributed by atoms with Crippen LogP contribution in [-0.4, -0.2) is 23.5 Å². The van der Waals surface area contributed by atoms with Crippen LogP contribution in [0.5, 0.6) is 0 Å². The van der Waals surface area contributed by atoms with Gasteiger partial charge in [-0.25, -0.2) is 4.79 Å². The fourth-order valence-electron chi connectivity index (χ4n) is 1.07. The quantitative estimate of drug-likeness (QED) is 0.633. The molecule has 0 radical (unpaired) electrons. The number of aromatic nitrogens is 1. The van der Waals surface area contributed by atoms with Gasteiger partial charge in [0.25, 0.3) is 0 Å². The number of hydrogen-bond acceptors (Lipinski definition) is 3. The van der Waals surface area contributed by atoms with Gasteiger partial charge in [-0.15, -0.1) is 0 Å². The summed E-state index contributed by atoms with van der Waals surface area (Å²) in [5.74, 6) is -5.15. The van der Waals surface area contributed by atoms with E-state index in [-0.39, 0.29) is 12.2 Å². The van der Waals surface area contributed by atoms with E-state index in [0.717, 1.165) is 0 Å². The highest BCUT2D eigenvalue weighted by Gasteiger charge is 2.48. The smallest absolute Gasteiger partial charge is 0.378 e. The van der Waals surface area contributed by atoms with Crippen molar-refractivity contribution in [3.05, 3.63) is 30.1 Å². The number of rotatable bonds is 4. The van der Waals surface area contributed by atoms with Crippen LogP contribution in [-0.2, 0) is 9.53 Å². The minimum absolute atomic E-state index is 0.0822. The van der Waals surface area contributed by atoms with Gasteiger partial charge in [0.15, 0.2) is 0 Å². The summed E-state index contributed by atoms with van der Waals surface area (Å²) < 4.78 is 31.4. The number of esters is 1. The third kappa shape index (κ3) is 2.75. The lowest BCUT2D eigenvalue weighted by Crippen LogP contribution is -2.34. The van der Waals surface area contributed by atoms with Crippen molar-refractivity contribution in [2.24, 2.45) is 0 Å². The molecular weight excluding hydrogens is 284 g/mol. The van der Waals surface area contributed by atoms with Crippen LogP contribution in [0.25, 0.3) is 0 Å². The zero-order chi connectivity index (χ0) is 12.2. The Balaban J connectivity index is 2.87. The highest BCUT2D eigenvalue weighted by Crippen LogP contribution is 2.39. The number of ether oxygens (including phenoxy) is 1. The van der Waals surface area contributed by atoms with Crippen molar-refractivity contribution in [3.8, 4) is 0 Å². The molecule has 0 aromatic carbocycles. The summed E-state index contributed by atoms with van der Waals surface area (Å²) >= 11 is 2.79. The number of carbonyl (C=O) groups excluding carboxylic acids is 1. The number of halogens is 3. The van der Waals surface area contributed by atoms with Gasteiger partial charge in [-0.05, 0) is 18.6 Å². The zero-order valence-electron chi connectivity index (χ0n) is 8.49. The van der Waals surface area contributed by atoms with E-state index in [2.05, 4.69) is 25.7 Å². The fraction of sp³-hybridized carbons (Fsp3) is 0.400. The van der Waals surface area contributed by atoms with Gasteiger partial charge in [0.1, 0.15) is 4.83 Å². The van der Waals surface area contributed by atoms with Crippen LogP contribution in [0.2, 0.25) is 0 Å². The molecule has 0 aliphatic rings. The summed E-state index contributed by atoms with van der Waals surface area (Å²) in [6, 6.07) is 2.98. The molecule has 16 heavy (non-hydrogen) atoms. The van der Waals surface area contributed by atoms with Crippen LogP contribution in [0.1, 0.15) is 17.3 Å². The van der Waals surface area contributed by atoms with Gasteiger partial charge in [0.05, 0.1) is 6.61 Å². The Morgan fingerprint density at radius 1 is 1.69 bits per heavy atom. The average Bonchev–Trinajstić information content (AvgIpc) is 2.29. The van der Waals surface area contributed by atoms with Crippen LogP contribution in [0.4, 0.5) is 8.78 Å². The Kier molecular flexibility index (Phi) is 4.35. The van der Waals surface area contributed by atoms with E-state index < -0.39 is 16.7 Å². The predicted octanol–water partition coefficient (Wildman–Crippen LogP) is 2.72. The molecule has 3 nitrogen and oxygen atoms in total. The van der Waals surface area contributed by atoms with Crippen LogP contribution < -0.4 is 0 Å². The first kappa shape index (κ1) is 13.0. The van der Waals surface area contributed by atoms with Gasteiger partial charge in [-0.2, -0.15) is 8.78 Å². The second-order valence-electron chi connectivity index (χ2n) is 2.99. The number of alkyl halides is 3. The van der Waals surface area contributed by atoms with E-state index in [1.54, 1.807) is 0 Å². The molecule has 0 aliphatic heterocycles. The lowest BCUT2D eigenvalue weighted by molar-refractivity contribution is -0.171. The Morgan fingerprint density at radius 3 is 2.88 bits per heavy atom. The molecule has 0 aliphatic carbocycles. The number of carbonyl (C=O) groups is 1. The molecule has 1 unspecified atom stereocenters. The molecule has 1 atom stereocenters. The van der Waals surface area contributed by atoms with E-state index in [1.807, 2.05) is 0 Å². The van der Waals surface area contributed by atoms with Gasteiger partial charge in [0.2, 0.25) is 0 Å². The topological polar surface area (TPSA) is 39.2 Å². The van der Waals surface area contributed by atoms with Gasteiger partial charge in [-0.3, -0.25) is 4.98 Å². The predicted molar refractivity (Wildman–Crippen MR) is 57.5 cm³/mol. The Morgan fingerprint density at radius 2 is 2.38 bits per heavy atom. The van der Waals surface area contributed by atoms with Crippen LogP contribution in [0.15, 0.2) is 24.5 Å². The second kappa shape index (κ2) is 5.34. The standard InChI is InChI=1S/C10H10BrF2NO2/c1-2-16-9(15)10(12,13)8(11)7-4-3-5-14-6-7/h3-6,8H,2H2,1H3. The molecule has 1 aromatic heterocycles. The van der Waals surface area contributed by atoms with Crippen LogP contribution in [0, 0.1) is 0 Å². The van der Waals surface area contributed by atoms with Crippen LogP contribution in [0.3, 0.4) is 0 Å². The molecule has 0 saturated heterocycles. The maximum absolute atomic E-state index is 13.5. The summed E-state index contributed by atoms with van der Waals surface area (Å²) in [5, 5.41) is 0. The first-order chi connectivity index (χ1) is 7.50. The van der Waals surface area contributed by atoms with Crippen LogP contribution >= 0.6 is 15.9 Å². The average molecular weight is 294 g/mol. The number of nitrogens with zero attached hydrogens (tertiary/aromatic N) is 1. The molecule has 1 aromatic rings. The SMILES string of the molecule is CCOC(=O)C(F)(F)C(Br)c1cccnc1. The third-order valence-corrected chi connectivity index (χ3v) is 2.95. The lowest BCUT2D eigenvalue weighted by atomic mass is 10.1. The van der Waals surface area contributed by atoms with E-state index in [9.17, 15) is 13.6 Å². The molecule has 6 heteroatoms. The molecule has 0 saturated carbocycles. The largest absolute Gasteiger partial charge is 0.462 e. The van der Waals surface area contributed by atoms with E-state index >= 15 is 0 Å². The fourth-order valence-corrected chi connectivity index (χ4v) is 1.52. The maximum atomic E-state index is 13.5. The summed E-state index contributed by atoms with van der Waals surface area (Å²) in [7, 11) is 0. The minimum atomic E-state index is -3.61. The second-order valence-corrected chi connectivity index (χ2v) is 3.91. The molecule has 1 rings (SSSR count). The molecule has 1 heterocycles. The lowest BCUT2D eigenvalue weighted by Gasteiger charge is -2.20. The zero-order valence-corrected chi connectivity index (χ0v) is 10.1. The summed E-state index contributed by atoms with van der Waals surface area (Å²) in [5.41, 5.74) is 0.223. The van der Waals surface area contributed by atoms with Crippen molar-refractivity contribution in [2.45, 2.75) is 17.7 Å². The van der Waals surface area contributed by atoms with Gasteiger partial charge >= 0.3 is 11.9 Å². The molecule has 0 amide bonds. The van der Waals surface area contributed by atoms with E-state index in [4.69, 9.17) is 0 Å². The van der Waals surface area contributed by atoms with Crippen molar-refractivity contribution < 1.29 is 18.3 Å². The summed E-state index contributed by atoms with van der Waals surface area (Å²) in [6.45, 7) is 1.39. The summed E-state index contributed by atoms with van der Waals surface area (Å²) in [4.78, 5) is 13.3. The van der Waals surface area contributed by atoms with E-state index in [1.165, 1.54) is 31.5 Å². The van der Waals surface area contributed by atoms with Gasteiger partial charge in [0, 0.05) is 12.4 Å². The van der Waals surface area contributed by atoms with Crippen molar-refractivity contribution in [3.63, 3.8) is 0 Å². The monoisotopic (exact) mass is 293 g/mol. The molecule has 0 bridgehead atoms. The van der Waals surface area contributed by atoms with Crippen molar-refractivity contribution in [1.29, 1.82) is 0 Å². The Bertz CT molecular complexity index is 359. The van der Waals surface area contributed by atoms with E-state index in [0.29, 0.717) is 0 Å². The van der Waals surface area contributed by atoms with Crippen molar-refractivity contribution >= 4 is 21.9 Å². The summed E-state index contributed by atoms with van der Waals surface area (Å²) in [6.07, 6.45) is 2.73. The van der Waals surface area contributed by atoms with Gasteiger partial charge in [-0.1, -0.05) is 22.0 Å². The third-order valence-electron chi connectivity index (χ3n) is 1.84. The first-order valence-corrected chi connectivity index (χ1v) is 5.50. The Hall–Kier alpha value is -1.04. The van der Waals surface area contributed by atoms with Gasteiger partial charge < -0.3 is 4.74 Å². The normalized spacial score (nSPS) is 13.2. The molecule has 0 spiro atoms. The number of pyridine rings is 1. The minimum Gasteiger partial charge on any atom is -0.462 e.